The normalized spacial score (nSPS) is 40.1. The molecule has 0 radical (unpaired) electrons. The molecule has 1 unspecified atom stereocenters. The van der Waals surface area contributed by atoms with Crippen molar-refractivity contribution in [1.82, 2.24) is 19.5 Å². The highest BCUT2D eigenvalue weighted by Crippen LogP contribution is 2.49. The Hall–Kier alpha value is -3.15. The number of nitrogens with two attached hydrogens (primary N) is 1. The molecule has 14 atom stereocenters. The maximum absolute atomic E-state index is 14.6. The van der Waals surface area contributed by atoms with Crippen LogP contribution in [0.3, 0.4) is 0 Å². The number of rotatable bonds is 8. The summed E-state index contributed by atoms with van der Waals surface area (Å²) in [6, 6.07) is 0. The number of nitrogen functional groups attached to an aromatic ring is 1. The van der Waals surface area contributed by atoms with Gasteiger partial charge >= 0.3 is 11.9 Å². The fourth-order valence-electron chi connectivity index (χ4n) is 8.40. The summed E-state index contributed by atoms with van der Waals surface area (Å²) in [5.74, 6) is -4.42. The van der Waals surface area contributed by atoms with Crippen molar-refractivity contribution < 1.29 is 48.3 Å². The fourth-order valence-corrected chi connectivity index (χ4v) is 9.85. The minimum absolute atomic E-state index is 0.134. The molecule has 0 aliphatic carbocycles. The molecule has 2 fully saturated rings. The second-order valence-corrected chi connectivity index (χ2v) is 16.5. The van der Waals surface area contributed by atoms with Gasteiger partial charge in [-0.3, -0.25) is 14.4 Å². The molecule has 53 heavy (non-hydrogen) atoms. The van der Waals surface area contributed by atoms with Crippen LogP contribution < -0.4 is 5.73 Å². The highest BCUT2D eigenvalue weighted by molar-refractivity contribution is 8.00. The van der Waals surface area contributed by atoms with E-state index in [-0.39, 0.29) is 30.5 Å². The number of carbonyl (C=O) groups excluding carboxylic acids is 3. The summed E-state index contributed by atoms with van der Waals surface area (Å²) < 4.78 is 32.6. The number of aryl methyl sites for hydroxylation is 1. The summed E-state index contributed by atoms with van der Waals surface area (Å²) in [6.45, 7) is 14.5. The van der Waals surface area contributed by atoms with E-state index in [0.29, 0.717) is 23.5 Å². The standard InChI is InChI=1S/C37H55N5O10S/c1-10-24-37(8)25(29(34(47)52-37)53-14-13-42-17-41-26-31(38)39-16-40-32(26)42)20(4)27(44)18(2)15-36(7,48-9)30(21(5)28(45)22(6)33(46)50-24)51-35-23(43)12-11-19(3)49-35/h11-12,16-25,28-30,35,43,45H,10,13-15H2,1-9H3,(H2,38,39,40)/t18-,19-,20-,21+,22-,23-,24-,25+,28+,29?,30-,35+,36-,37-/m1/s1. The van der Waals surface area contributed by atoms with Gasteiger partial charge in [0.15, 0.2) is 23.4 Å². The van der Waals surface area contributed by atoms with Crippen LogP contribution in [-0.4, -0.2) is 114 Å². The lowest BCUT2D eigenvalue weighted by Gasteiger charge is -2.46. The van der Waals surface area contributed by atoms with Gasteiger partial charge in [0.1, 0.15) is 35.1 Å². The van der Waals surface area contributed by atoms with Gasteiger partial charge in [-0.25, -0.2) is 15.0 Å². The topological polar surface area (TPSA) is 207 Å². The van der Waals surface area contributed by atoms with Crippen LogP contribution in [0, 0.1) is 29.6 Å². The SMILES string of the molecule is CC[C@H]1OC(=O)[C@H](C)[C@@H](O)[C@H](C)[C@@H](O[C@@H]2O[C@H](C)C=C[C@H]2O)[C@](C)(OC)C[C@@H](C)C(=O)[C@H](C)[C@H]2C(SCCn3cnc4c(N)ncnc43)C(=O)O[C@@]21C. The Morgan fingerprint density at radius 1 is 1.04 bits per heavy atom. The first-order chi connectivity index (χ1) is 25.0. The number of imidazole rings is 1. The second kappa shape index (κ2) is 16.3. The molecule has 2 aromatic rings. The molecular weight excluding hydrogens is 706 g/mol. The van der Waals surface area contributed by atoms with Crippen molar-refractivity contribution in [3.05, 3.63) is 24.8 Å². The second-order valence-electron chi connectivity index (χ2n) is 15.2. The van der Waals surface area contributed by atoms with Gasteiger partial charge in [-0.2, -0.15) is 0 Å². The van der Waals surface area contributed by atoms with E-state index in [1.807, 2.05) is 25.3 Å². The van der Waals surface area contributed by atoms with Gasteiger partial charge in [-0.1, -0.05) is 39.8 Å². The van der Waals surface area contributed by atoms with E-state index in [0.717, 1.165) is 0 Å². The largest absolute Gasteiger partial charge is 0.458 e. The van der Waals surface area contributed by atoms with Gasteiger partial charge in [-0.05, 0) is 40.5 Å². The predicted octanol–water partition coefficient (Wildman–Crippen LogP) is 3.09. The van der Waals surface area contributed by atoms with E-state index in [4.69, 9.17) is 29.4 Å². The highest BCUT2D eigenvalue weighted by atomic mass is 32.2. The zero-order chi connectivity index (χ0) is 39.0. The number of thioether (sulfide) groups is 1. The van der Waals surface area contributed by atoms with Crippen LogP contribution in [0.1, 0.15) is 68.2 Å². The minimum Gasteiger partial charge on any atom is -0.458 e. The molecule has 5 rings (SSSR count). The smallest absolute Gasteiger partial charge is 0.320 e. The molecule has 15 nitrogen and oxygen atoms in total. The first kappa shape index (κ1) is 41.0. The molecule has 294 valence electrons. The van der Waals surface area contributed by atoms with Gasteiger partial charge in [-0.15, -0.1) is 11.8 Å². The highest BCUT2D eigenvalue weighted by Gasteiger charge is 2.61. The number of aromatic nitrogens is 4. The molecule has 0 spiro atoms. The van der Waals surface area contributed by atoms with Crippen molar-refractivity contribution in [2.45, 2.75) is 128 Å². The number of Topliss-reactive ketones (excluding diaryl/α,β-unsaturated/α-hetero) is 1. The number of esters is 2. The summed E-state index contributed by atoms with van der Waals surface area (Å²) in [5.41, 5.74) is 4.46. The zero-order valence-corrected chi connectivity index (χ0v) is 32.8. The van der Waals surface area contributed by atoms with Crippen LogP contribution in [0.4, 0.5) is 5.82 Å². The molecule has 2 aromatic heterocycles. The number of carbonyl (C=O) groups is 3. The van der Waals surface area contributed by atoms with Gasteiger partial charge in [0.25, 0.3) is 0 Å². The summed E-state index contributed by atoms with van der Waals surface area (Å²) in [5, 5.41) is 21.8. The average Bonchev–Trinajstić information content (AvgIpc) is 3.66. The molecule has 4 N–H and O–H groups in total. The first-order valence-electron chi connectivity index (χ1n) is 18.4. The number of nitrogens with zero attached hydrogens (tertiary/aromatic N) is 4. The maximum Gasteiger partial charge on any atom is 0.320 e. The van der Waals surface area contributed by atoms with Crippen LogP contribution in [-0.2, 0) is 44.6 Å². The van der Waals surface area contributed by atoms with Crippen LogP contribution in [0.2, 0.25) is 0 Å². The summed E-state index contributed by atoms with van der Waals surface area (Å²) in [4.78, 5) is 55.0. The van der Waals surface area contributed by atoms with E-state index >= 15 is 0 Å². The molecular formula is C37H55N5O10S. The molecule has 16 heteroatoms. The lowest BCUT2D eigenvalue weighted by Crippen LogP contribution is -2.57. The van der Waals surface area contributed by atoms with Gasteiger partial charge in [0.05, 0.1) is 36.2 Å². The quantitative estimate of drug-likeness (QED) is 0.261. The van der Waals surface area contributed by atoms with Crippen molar-refractivity contribution >= 4 is 46.5 Å². The lowest BCUT2D eigenvalue weighted by atomic mass is 9.70. The fraction of sp³-hybridized carbons (Fsp3) is 0.730. The van der Waals surface area contributed by atoms with Crippen LogP contribution >= 0.6 is 11.8 Å². The van der Waals surface area contributed by atoms with Crippen LogP contribution in [0.15, 0.2) is 24.8 Å². The number of fused-ring (bicyclic) bond motifs is 2. The number of hydrogen-bond donors (Lipinski definition) is 3. The molecule has 0 amide bonds. The third-order valence-electron chi connectivity index (χ3n) is 11.5. The molecule has 3 aliphatic heterocycles. The summed E-state index contributed by atoms with van der Waals surface area (Å²) >= 11 is 1.36. The van der Waals surface area contributed by atoms with Crippen molar-refractivity contribution in [2.24, 2.45) is 29.6 Å². The zero-order valence-electron chi connectivity index (χ0n) is 32.0. The Bertz CT molecular complexity index is 1680. The Kier molecular flexibility index (Phi) is 12.6. The molecule has 3 aliphatic rings. The number of hydrogen-bond acceptors (Lipinski definition) is 15. The summed E-state index contributed by atoms with van der Waals surface area (Å²) in [6.07, 6.45) is 1.05. The van der Waals surface area contributed by atoms with Crippen molar-refractivity contribution in [1.29, 1.82) is 0 Å². The molecule has 0 aromatic carbocycles. The van der Waals surface area contributed by atoms with E-state index < -0.39 is 88.7 Å². The number of ether oxygens (including phenoxy) is 5. The molecule has 0 saturated carbocycles. The Labute approximate surface area is 314 Å². The Morgan fingerprint density at radius 3 is 2.43 bits per heavy atom. The van der Waals surface area contributed by atoms with Gasteiger partial charge in [0.2, 0.25) is 0 Å². The van der Waals surface area contributed by atoms with Crippen molar-refractivity contribution in [2.75, 3.05) is 18.6 Å². The Balaban J connectivity index is 1.49. The monoisotopic (exact) mass is 761 g/mol. The van der Waals surface area contributed by atoms with E-state index in [9.17, 15) is 24.6 Å². The third kappa shape index (κ3) is 7.99. The Morgan fingerprint density at radius 2 is 1.75 bits per heavy atom. The maximum atomic E-state index is 14.6. The van der Waals surface area contributed by atoms with Gasteiger partial charge < -0.3 is 44.2 Å². The van der Waals surface area contributed by atoms with Crippen LogP contribution in [0.25, 0.3) is 11.2 Å². The number of ketones is 1. The molecule has 2 saturated heterocycles. The third-order valence-corrected chi connectivity index (χ3v) is 12.8. The van der Waals surface area contributed by atoms with Gasteiger partial charge in [0, 0.05) is 43.1 Å². The predicted molar refractivity (Wildman–Crippen MR) is 196 cm³/mol. The van der Waals surface area contributed by atoms with Crippen molar-refractivity contribution in [3.8, 4) is 0 Å². The van der Waals surface area contributed by atoms with E-state index in [1.54, 1.807) is 53.1 Å². The van der Waals surface area contributed by atoms with E-state index in [1.165, 1.54) is 25.2 Å². The lowest BCUT2D eigenvalue weighted by molar-refractivity contribution is -0.272. The number of methoxy groups -OCH3 is 1. The van der Waals surface area contributed by atoms with E-state index in [2.05, 4.69) is 15.0 Å². The van der Waals surface area contributed by atoms with Crippen LogP contribution in [0.5, 0.6) is 0 Å². The first-order valence-corrected chi connectivity index (χ1v) is 19.4. The summed E-state index contributed by atoms with van der Waals surface area (Å²) in [7, 11) is 1.50. The average molecular weight is 762 g/mol. The number of anilines is 1. The number of cyclic esters (lactones) is 1. The van der Waals surface area contributed by atoms with Crippen molar-refractivity contribution in [3.63, 3.8) is 0 Å². The minimum atomic E-state index is -1.35. The number of aliphatic hydroxyl groups is 2. The molecule has 5 heterocycles. The number of aliphatic hydroxyl groups excluding tert-OH is 2. The molecule has 0 bridgehead atoms.